The van der Waals surface area contributed by atoms with Gasteiger partial charge in [-0.15, -0.1) is 0 Å². The molecule has 0 fully saturated rings. The number of benzene rings is 2. The second-order valence-electron chi connectivity index (χ2n) is 6.45. The van der Waals surface area contributed by atoms with Crippen molar-refractivity contribution >= 4 is 17.5 Å². The minimum absolute atomic E-state index is 0.270. The lowest BCUT2D eigenvalue weighted by molar-refractivity contribution is 0.0950. The minimum atomic E-state index is -0.304. The number of amides is 2. The summed E-state index contributed by atoms with van der Waals surface area (Å²) in [5, 5.41) is 5.67. The molecule has 0 aliphatic carbocycles. The maximum Gasteiger partial charge on any atom is 0.257 e. The summed E-state index contributed by atoms with van der Waals surface area (Å²) < 4.78 is 0. The number of aromatic nitrogens is 1. The molecule has 1 aromatic heterocycles. The number of hydrogen-bond acceptors (Lipinski definition) is 3. The average Bonchev–Trinajstić information content (AvgIpc) is 2.67. The number of aryl methyl sites for hydroxylation is 2. The highest BCUT2D eigenvalue weighted by Gasteiger charge is 2.12. The molecule has 5 heteroatoms. The van der Waals surface area contributed by atoms with Crippen molar-refractivity contribution < 1.29 is 9.59 Å². The zero-order chi connectivity index (χ0) is 19.2. The topological polar surface area (TPSA) is 71.1 Å². The molecule has 2 amide bonds. The van der Waals surface area contributed by atoms with Gasteiger partial charge in [0, 0.05) is 24.6 Å². The first-order valence-electron chi connectivity index (χ1n) is 8.68. The third-order valence-electron chi connectivity index (χ3n) is 4.11. The van der Waals surface area contributed by atoms with Crippen LogP contribution in [0.2, 0.25) is 0 Å². The molecule has 27 heavy (non-hydrogen) atoms. The fraction of sp³-hybridized carbons (Fsp3) is 0.136. The zero-order valence-electron chi connectivity index (χ0n) is 15.3. The molecule has 136 valence electrons. The van der Waals surface area contributed by atoms with E-state index in [4.69, 9.17) is 0 Å². The van der Waals surface area contributed by atoms with Gasteiger partial charge in [-0.3, -0.25) is 14.6 Å². The second-order valence-corrected chi connectivity index (χ2v) is 6.45. The maximum absolute atomic E-state index is 12.4. The van der Waals surface area contributed by atoms with Crippen LogP contribution in [0.3, 0.4) is 0 Å². The fourth-order valence-corrected chi connectivity index (χ4v) is 2.60. The summed E-state index contributed by atoms with van der Waals surface area (Å²) in [6.07, 6.45) is 2.90. The van der Waals surface area contributed by atoms with Gasteiger partial charge in [0.05, 0.1) is 11.1 Å². The Morgan fingerprint density at radius 1 is 0.852 bits per heavy atom. The van der Waals surface area contributed by atoms with Gasteiger partial charge >= 0.3 is 0 Å². The Bertz CT molecular complexity index is 965. The van der Waals surface area contributed by atoms with Gasteiger partial charge in [0.25, 0.3) is 11.8 Å². The highest BCUT2D eigenvalue weighted by Crippen LogP contribution is 2.12. The van der Waals surface area contributed by atoms with Gasteiger partial charge in [-0.1, -0.05) is 42.0 Å². The smallest absolute Gasteiger partial charge is 0.257 e. The van der Waals surface area contributed by atoms with Crippen LogP contribution in [0.15, 0.2) is 67.0 Å². The molecule has 0 radical (unpaired) electrons. The fourth-order valence-electron chi connectivity index (χ4n) is 2.60. The highest BCUT2D eigenvalue weighted by atomic mass is 16.2. The molecule has 0 saturated carbocycles. The molecule has 0 bridgehead atoms. The van der Waals surface area contributed by atoms with E-state index in [1.165, 1.54) is 18.0 Å². The van der Waals surface area contributed by atoms with Crippen molar-refractivity contribution in [3.63, 3.8) is 0 Å². The third-order valence-corrected chi connectivity index (χ3v) is 4.11. The Labute approximate surface area is 158 Å². The Hall–Kier alpha value is -3.47. The number of nitrogens with zero attached hydrogens (tertiary/aromatic N) is 1. The zero-order valence-corrected chi connectivity index (χ0v) is 15.3. The molecule has 2 aromatic carbocycles. The molecule has 0 aliphatic heterocycles. The first-order chi connectivity index (χ1) is 13.0. The van der Waals surface area contributed by atoms with Crippen LogP contribution >= 0.6 is 0 Å². The molecule has 0 spiro atoms. The average molecular weight is 359 g/mol. The largest absolute Gasteiger partial charge is 0.348 e. The number of hydrogen-bond donors (Lipinski definition) is 2. The van der Waals surface area contributed by atoms with Crippen LogP contribution in [0.25, 0.3) is 0 Å². The van der Waals surface area contributed by atoms with E-state index < -0.39 is 0 Å². The quantitative estimate of drug-likeness (QED) is 0.726. The number of rotatable bonds is 5. The molecule has 3 rings (SSSR count). The van der Waals surface area contributed by atoms with Crippen LogP contribution in [-0.2, 0) is 6.54 Å². The third kappa shape index (κ3) is 5.01. The van der Waals surface area contributed by atoms with Crippen LogP contribution in [-0.4, -0.2) is 16.8 Å². The molecule has 2 N–H and O–H groups in total. The molecule has 3 aromatic rings. The van der Waals surface area contributed by atoms with Crippen molar-refractivity contribution in [2.24, 2.45) is 0 Å². The van der Waals surface area contributed by atoms with Crippen molar-refractivity contribution in [2.75, 3.05) is 5.32 Å². The summed E-state index contributed by atoms with van der Waals surface area (Å²) in [4.78, 5) is 28.8. The molecule has 0 atom stereocenters. The van der Waals surface area contributed by atoms with Crippen LogP contribution in [0, 0.1) is 13.8 Å². The van der Waals surface area contributed by atoms with Gasteiger partial charge in [0.1, 0.15) is 0 Å². The van der Waals surface area contributed by atoms with E-state index in [-0.39, 0.29) is 11.8 Å². The molecule has 0 unspecified atom stereocenters. The lowest BCUT2D eigenvalue weighted by Crippen LogP contribution is -2.23. The van der Waals surface area contributed by atoms with E-state index in [0.29, 0.717) is 23.4 Å². The van der Waals surface area contributed by atoms with Gasteiger partial charge in [0.2, 0.25) is 0 Å². The molecule has 0 aliphatic rings. The number of carbonyl (C=O) groups excluding carboxylic acids is 2. The number of nitrogens with one attached hydrogen (secondary N) is 2. The standard InChI is InChI=1S/C22H21N3O2/c1-15-6-8-17(9-7-15)12-24-21(26)18-11-19(14-23-13-18)22(27)25-20-5-3-4-16(2)10-20/h3-11,13-14H,12H2,1-2H3,(H,24,26)(H,25,27). The molecule has 0 saturated heterocycles. The number of anilines is 1. The van der Waals surface area contributed by atoms with Crippen LogP contribution in [0.4, 0.5) is 5.69 Å². The number of carbonyl (C=O) groups is 2. The van der Waals surface area contributed by atoms with Gasteiger partial charge in [-0.2, -0.15) is 0 Å². The van der Waals surface area contributed by atoms with E-state index in [0.717, 1.165) is 11.1 Å². The predicted molar refractivity (Wildman–Crippen MR) is 106 cm³/mol. The maximum atomic E-state index is 12.4. The summed E-state index contributed by atoms with van der Waals surface area (Å²) in [5.74, 6) is -0.574. The molecule has 1 heterocycles. The van der Waals surface area contributed by atoms with E-state index in [9.17, 15) is 9.59 Å². The van der Waals surface area contributed by atoms with Crippen molar-refractivity contribution in [1.29, 1.82) is 0 Å². The first kappa shape index (κ1) is 18.3. The van der Waals surface area contributed by atoms with Gasteiger partial charge < -0.3 is 10.6 Å². The summed E-state index contributed by atoms with van der Waals surface area (Å²) in [6, 6.07) is 17.0. The van der Waals surface area contributed by atoms with Gasteiger partial charge in [0.15, 0.2) is 0 Å². The summed E-state index contributed by atoms with van der Waals surface area (Å²) in [6.45, 7) is 4.39. The molecular formula is C22H21N3O2. The Balaban J connectivity index is 1.66. The lowest BCUT2D eigenvalue weighted by atomic mass is 10.1. The van der Waals surface area contributed by atoms with Crippen LogP contribution in [0.5, 0.6) is 0 Å². The molecule has 5 nitrogen and oxygen atoms in total. The summed E-state index contributed by atoms with van der Waals surface area (Å²) in [5.41, 5.74) is 4.61. The Morgan fingerprint density at radius 2 is 1.56 bits per heavy atom. The van der Waals surface area contributed by atoms with Gasteiger partial charge in [-0.05, 0) is 43.2 Å². The monoisotopic (exact) mass is 359 g/mol. The second kappa shape index (κ2) is 8.27. The lowest BCUT2D eigenvalue weighted by Gasteiger charge is -2.08. The van der Waals surface area contributed by atoms with Gasteiger partial charge in [-0.25, -0.2) is 0 Å². The number of pyridine rings is 1. The normalized spacial score (nSPS) is 10.3. The van der Waals surface area contributed by atoms with Crippen molar-refractivity contribution in [3.8, 4) is 0 Å². The Morgan fingerprint density at radius 3 is 2.26 bits per heavy atom. The van der Waals surface area contributed by atoms with Crippen molar-refractivity contribution in [3.05, 3.63) is 94.8 Å². The van der Waals surface area contributed by atoms with E-state index in [1.807, 2.05) is 62.4 Å². The highest BCUT2D eigenvalue weighted by molar-refractivity contribution is 6.05. The van der Waals surface area contributed by atoms with E-state index in [1.54, 1.807) is 6.07 Å². The minimum Gasteiger partial charge on any atom is -0.348 e. The Kier molecular flexibility index (Phi) is 5.61. The SMILES string of the molecule is Cc1ccc(CNC(=O)c2cncc(C(=O)Nc3cccc(C)c3)c2)cc1. The predicted octanol–water partition coefficient (Wildman–Crippen LogP) is 3.88. The van der Waals surface area contributed by atoms with Crippen LogP contribution in [0.1, 0.15) is 37.4 Å². The van der Waals surface area contributed by atoms with E-state index in [2.05, 4.69) is 15.6 Å². The van der Waals surface area contributed by atoms with Crippen molar-refractivity contribution in [1.82, 2.24) is 10.3 Å². The summed E-state index contributed by atoms with van der Waals surface area (Å²) >= 11 is 0. The molecular weight excluding hydrogens is 338 g/mol. The van der Waals surface area contributed by atoms with Crippen LogP contribution < -0.4 is 10.6 Å². The summed E-state index contributed by atoms with van der Waals surface area (Å²) in [7, 11) is 0. The first-order valence-corrected chi connectivity index (χ1v) is 8.68. The van der Waals surface area contributed by atoms with E-state index >= 15 is 0 Å². The van der Waals surface area contributed by atoms with Crippen molar-refractivity contribution in [2.45, 2.75) is 20.4 Å².